The van der Waals surface area contributed by atoms with Gasteiger partial charge in [-0.05, 0) is 38.7 Å². The van der Waals surface area contributed by atoms with E-state index in [0.29, 0.717) is 35.7 Å². The maximum Gasteiger partial charge on any atom is 0.253 e. The largest absolute Gasteiger partial charge is 0.388 e. The first-order valence-electron chi connectivity index (χ1n) is 7.09. The highest BCUT2D eigenvalue weighted by molar-refractivity contribution is 5.95. The molecular weight excluding hydrogens is 254 g/mol. The molecule has 0 aliphatic rings. The Hall–Kier alpha value is -1.49. The molecule has 0 radical (unpaired) electrons. The van der Waals surface area contributed by atoms with Crippen LogP contribution in [0.15, 0.2) is 6.07 Å². The summed E-state index contributed by atoms with van der Waals surface area (Å²) in [7, 11) is 0. The Morgan fingerprint density at radius 2 is 2.10 bits per heavy atom. The van der Waals surface area contributed by atoms with E-state index in [9.17, 15) is 9.90 Å². The van der Waals surface area contributed by atoms with Gasteiger partial charge in [-0.25, -0.2) is 0 Å². The summed E-state index contributed by atoms with van der Waals surface area (Å²) >= 11 is 0. The van der Waals surface area contributed by atoms with Gasteiger partial charge in [0, 0.05) is 6.54 Å². The monoisotopic (exact) mass is 279 g/mol. The predicted octanol–water partition coefficient (Wildman–Crippen LogP) is 1.87. The van der Waals surface area contributed by atoms with E-state index in [1.54, 1.807) is 19.9 Å². The summed E-state index contributed by atoms with van der Waals surface area (Å²) in [5.74, 6) is 0.168. The number of aromatic nitrogens is 2. The van der Waals surface area contributed by atoms with Crippen molar-refractivity contribution in [3.05, 3.63) is 23.0 Å². The summed E-state index contributed by atoms with van der Waals surface area (Å²) in [5.41, 5.74) is 1.03. The van der Waals surface area contributed by atoms with Gasteiger partial charge in [0.25, 0.3) is 5.91 Å². The zero-order valence-electron chi connectivity index (χ0n) is 13.0. The van der Waals surface area contributed by atoms with Crippen molar-refractivity contribution in [2.24, 2.45) is 5.92 Å². The summed E-state index contributed by atoms with van der Waals surface area (Å²) in [6, 6.07) is 1.73. The summed E-state index contributed by atoms with van der Waals surface area (Å²) in [5, 5.41) is 21.0. The maximum atomic E-state index is 12.2. The molecule has 0 aromatic carbocycles. The molecule has 1 heterocycles. The van der Waals surface area contributed by atoms with Crippen LogP contribution in [0, 0.1) is 12.8 Å². The number of carbonyl (C=O) groups is 1. The Balaban J connectivity index is 2.74. The second-order valence-corrected chi connectivity index (χ2v) is 5.98. The molecule has 112 valence electrons. The third-order valence-electron chi connectivity index (χ3n) is 3.05. The molecule has 1 atom stereocenters. The number of hydrogen-bond acceptors (Lipinski definition) is 4. The zero-order valence-corrected chi connectivity index (χ0v) is 13.0. The minimum atomic E-state index is -0.897. The van der Waals surface area contributed by atoms with Gasteiger partial charge < -0.3 is 10.4 Å². The van der Waals surface area contributed by atoms with Crippen LogP contribution in [0.25, 0.3) is 0 Å². The molecule has 1 aromatic heterocycles. The zero-order chi connectivity index (χ0) is 15.3. The van der Waals surface area contributed by atoms with E-state index >= 15 is 0 Å². The predicted molar refractivity (Wildman–Crippen MR) is 78.6 cm³/mol. The molecule has 1 aromatic rings. The van der Waals surface area contributed by atoms with Crippen LogP contribution in [0.5, 0.6) is 0 Å². The molecule has 0 spiro atoms. The van der Waals surface area contributed by atoms with Gasteiger partial charge in [0.05, 0.1) is 22.6 Å². The number of carbonyl (C=O) groups excluding carboxylic acids is 1. The molecule has 1 rings (SSSR count). The van der Waals surface area contributed by atoms with Crippen LogP contribution >= 0.6 is 0 Å². The fraction of sp³-hybridized carbons (Fsp3) is 0.667. The summed E-state index contributed by atoms with van der Waals surface area (Å²) < 4.78 is 0. The lowest BCUT2D eigenvalue weighted by molar-refractivity contribution is 0.0368. The van der Waals surface area contributed by atoms with Crippen molar-refractivity contribution in [1.29, 1.82) is 0 Å². The highest BCUT2D eigenvalue weighted by atomic mass is 16.3. The van der Waals surface area contributed by atoms with Crippen LogP contribution in [-0.2, 0) is 6.42 Å². The molecule has 1 amide bonds. The highest BCUT2D eigenvalue weighted by Crippen LogP contribution is 2.15. The lowest BCUT2D eigenvalue weighted by Crippen LogP contribution is -2.41. The van der Waals surface area contributed by atoms with E-state index in [1.807, 2.05) is 20.8 Å². The second kappa shape index (κ2) is 6.79. The van der Waals surface area contributed by atoms with Crippen molar-refractivity contribution < 1.29 is 9.90 Å². The van der Waals surface area contributed by atoms with Crippen molar-refractivity contribution in [3.8, 4) is 0 Å². The molecule has 0 aliphatic heterocycles. The summed E-state index contributed by atoms with van der Waals surface area (Å²) in [6.07, 6.45) is 1.29. The van der Waals surface area contributed by atoms with Crippen LogP contribution in [0.4, 0.5) is 0 Å². The molecule has 1 unspecified atom stereocenters. The van der Waals surface area contributed by atoms with Crippen LogP contribution in [0.3, 0.4) is 0 Å². The normalized spacial score (nSPS) is 14.2. The van der Waals surface area contributed by atoms with Crippen LogP contribution in [0.1, 0.15) is 55.9 Å². The Morgan fingerprint density at radius 3 is 2.65 bits per heavy atom. The van der Waals surface area contributed by atoms with Crippen molar-refractivity contribution in [1.82, 2.24) is 15.5 Å². The maximum absolute atomic E-state index is 12.2. The lowest BCUT2D eigenvalue weighted by atomic mass is 9.94. The Morgan fingerprint density at radius 1 is 1.45 bits per heavy atom. The smallest absolute Gasteiger partial charge is 0.253 e. The highest BCUT2D eigenvalue weighted by Gasteiger charge is 2.23. The van der Waals surface area contributed by atoms with Crippen LogP contribution < -0.4 is 5.32 Å². The van der Waals surface area contributed by atoms with Crippen LogP contribution in [-0.4, -0.2) is 33.4 Å². The second-order valence-electron chi connectivity index (χ2n) is 5.98. The molecule has 5 heteroatoms. The third kappa shape index (κ3) is 4.89. The van der Waals surface area contributed by atoms with Gasteiger partial charge in [-0.2, -0.15) is 10.2 Å². The van der Waals surface area contributed by atoms with E-state index in [-0.39, 0.29) is 12.5 Å². The first-order chi connectivity index (χ1) is 9.25. The Kier molecular flexibility index (Phi) is 5.62. The van der Waals surface area contributed by atoms with E-state index in [2.05, 4.69) is 15.5 Å². The molecule has 0 saturated heterocycles. The van der Waals surface area contributed by atoms with Gasteiger partial charge in [0.2, 0.25) is 0 Å². The van der Waals surface area contributed by atoms with Gasteiger partial charge in [0.1, 0.15) is 0 Å². The van der Waals surface area contributed by atoms with Gasteiger partial charge in [0.15, 0.2) is 0 Å². The van der Waals surface area contributed by atoms with Crippen molar-refractivity contribution in [2.45, 2.75) is 53.1 Å². The van der Waals surface area contributed by atoms with Gasteiger partial charge in [-0.1, -0.05) is 20.8 Å². The van der Waals surface area contributed by atoms with Crippen molar-refractivity contribution >= 4 is 5.91 Å². The lowest BCUT2D eigenvalue weighted by Gasteiger charge is -2.25. The van der Waals surface area contributed by atoms with E-state index < -0.39 is 5.60 Å². The van der Waals surface area contributed by atoms with Gasteiger partial charge in [-0.15, -0.1) is 0 Å². The Labute approximate surface area is 120 Å². The number of rotatable bonds is 6. The average molecular weight is 279 g/mol. The van der Waals surface area contributed by atoms with Crippen LogP contribution in [0.2, 0.25) is 0 Å². The fourth-order valence-corrected chi connectivity index (χ4v) is 2.29. The first-order valence-corrected chi connectivity index (χ1v) is 7.09. The molecule has 0 bridgehead atoms. The van der Waals surface area contributed by atoms with E-state index in [4.69, 9.17) is 0 Å². The summed E-state index contributed by atoms with van der Waals surface area (Å²) in [6.45, 7) is 9.80. The molecule has 20 heavy (non-hydrogen) atoms. The fourth-order valence-electron chi connectivity index (χ4n) is 2.29. The summed E-state index contributed by atoms with van der Waals surface area (Å²) in [4.78, 5) is 12.2. The van der Waals surface area contributed by atoms with Crippen molar-refractivity contribution in [3.63, 3.8) is 0 Å². The molecule has 0 fully saturated rings. The topological polar surface area (TPSA) is 75.1 Å². The van der Waals surface area contributed by atoms with Crippen molar-refractivity contribution in [2.75, 3.05) is 6.54 Å². The SMILES string of the molecule is CCc1nnc(C)cc1C(=O)NCC(C)(O)CC(C)C. The van der Waals surface area contributed by atoms with Gasteiger partial charge >= 0.3 is 0 Å². The minimum absolute atomic E-state index is 0.205. The van der Waals surface area contributed by atoms with E-state index in [1.165, 1.54) is 0 Å². The average Bonchev–Trinajstić information content (AvgIpc) is 2.34. The molecule has 0 aliphatic carbocycles. The standard InChI is InChI=1S/C15H25N3O2/c1-6-13-12(7-11(4)17-18-13)14(19)16-9-15(5,20)8-10(2)3/h7,10,20H,6,8-9H2,1-5H3,(H,16,19). The minimum Gasteiger partial charge on any atom is -0.388 e. The first kappa shape index (κ1) is 16.6. The molecule has 0 saturated carbocycles. The number of nitrogens with zero attached hydrogens (tertiary/aromatic N) is 2. The molecule has 5 nitrogen and oxygen atoms in total. The number of amides is 1. The van der Waals surface area contributed by atoms with E-state index in [0.717, 1.165) is 0 Å². The third-order valence-corrected chi connectivity index (χ3v) is 3.05. The quantitative estimate of drug-likeness (QED) is 0.833. The number of aliphatic hydroxyl groups is 1. The molecular formula is C15H25N3O2. The number of hydrogen-bond donors (Lipinski definition) is 2. The molecule has 2 N–H and O–H groups in total. The van der Waals surface area contributed by atoms with Gasteiger partial charge in [-0.3, -0.25) is 4.79 Å². The number of nitrogens with one attached hydrogen (secondary N) is 1. The Bertz CT molecular complexity index is 470. The number of aryl methyl sites for hydroxylation is 2.